The molecule has 7 nitrogen and oxygen atoms in total. The van der Waals surface area contributed by atoms with Gasteiger partial charge in [0.1, 0.15) is 11.4 Å². The van der Waals surface area contributed by atoms with Crippen LogP contribution in [-0.4, -0.2) is 53.2 Å². The second kappa shape index (κ2) is 7.46. The number of hydrogen-bond acceptors (Lipinski definition) is 5. The first-order valence-corrected chi connectivity index (χ1v) is 8.93. The van der Waals surface area contributed by atoms with Crippen LogP contribution >= 0.6 is 0 Å². The monoisotopic (exact) mass is 379 g/mol. The minimum absolute atomic E-state index is 0.137. The number of aromatic amines is 1. The number of fused-ring (bicyclic) bond motifs is 1. The van der Waals surface area contributed by atoms with Crippen molar-refractivity contribution in [2.45, 2.75) is 12.3 Å². The lowest BCUT2D eigenvalue weighted by Gasteiger charge is -2.29. The van der Waals surface area contributed by atoms with E-state index in [-0.39, 0.29) is 18.2 Å². The number of methoxy groups -OCH3 is 2. The predicted octanol–water partition coefficient (Wildman–Crippen LogP) is 2.95. The van der Waals surface area contributed by atoms with Crippen LogP contribution in [0.1, 0.15) is 27.7 Å². The Morgan fingerprint density at radius 3 is 2.57 bits per heavy atom. The average Bonchev–Trinajstić information content (AvgIpc) is 3.26. The van der Waals surface area contributed by atoms with Crippen molar-refractivity contribution in [1.82, 2.24) is 15.1 Å². The van der Waals surface area contributed by atoms with E-state index in [1.54, 1.807) is 23.1 Å². The number of phenols is 1. The van der Waals surface area contributed by atoms with Gasteiger partial charge in [0.25, 0.3) is 5.91 Å². The van der Waals surface area contributed by atoms with E-state index in [0.717, 1.165) is 16.7 Å². The molecule has 1 aliphatic rings. The van der Waals surface area contributed by atoms with Crippen molar-refractivity contribution in [3.05, 3.63) is 71.4 Å². The Balaban J connectivity index is 1.86. The predicted molar refractivity (Wildman–Crippen MR) is 103 cm³/mol. The zero-order valence-corrected chi connectivity index (χ0v) is 15.6. The number of carbonyl (C=O) groups is 1. The molecule has 0 saturated carbocycles. The lowest BCUT2D eigenvalue weighted by Crippen LogP contribution is -2.38. The first kappa shape index (κ1) is 18.2. The maximum absolute atomic E-state index is 13.2. The highest BCUT2D eigenvalue weighted by atomic mass is 16.7. The Bertz CT molecular complexity index is 982. The Labute approximate surface area is 162 Å². The Hall–Kier alpha value is -3.16. The van der Waals surface area contributed by atoms with Crippen molar-refractivity contribution >= 4 is 5.91 Å². The fourth-order valence-electron chi connectivity index (χ4n) is 3.65. The van der Waals surface area contributed by atoms with Gasteiger partial charge in [0, 0.05) is 25.3 Å². The third-order valence-corrected chi connectivity index (χ3v) is 4.97. The number of carbonyl (C=O) groups excluding carboxylic acids is 1. The van der Waals surface area contributed by atoms with Crippen LogP contribution in [-0.2, 0) is 9.47 Å². The van der Waals surface area contributed by atoms with Gasteiger partial charge in [-0.3, -0.25) is 9.89 Å². The number of hydrogen-bond donors (Lipinski definition) is 2. The normalized spacial score (nSPS) is 16.0. The molecule has 0 bridgehead atoms. The van der Waals surface area contributed by atoms with Crippen LogP contribution in [0.25, 0.3) is 11.3 Å². The molecule has 3 aromatic rings. The Kier molecular flexibility index (Phi) is 4.85. The van der Waals surface area contributed by atoms with Crippen LogP contribution in [0.3, 0.4) is 0 Å². The summed E-state index contributed by atoms with van der Waals surface area (Å²) in [5, 5.41) is 17.3. The highest BCUT2D eigenvalue weighted by Crippen LogP contribution is 2.43. The van der Waals surface area contributed by atoms with E-state index in [0.29, 0.717) is 11.4 Å². The van der Waals surface area contributed by atoms with Crippen molar-refractivity contribution in [1.29, 1.82) is 0 Å². The van der Waals surface area contributed by atoms with Crippen LogP contribution in [0.4, 0.5) is 0 Å². The van der Waals surface area contributed by atoms with Crippen LogP contribution in [0.2, 0.25) is 0 Å². The molecule has 0 aliphatic carbocycles. The van der Waals surface area contributed by atoms with E-state index in [1.165, 1.54) is 14.2 Å². The zero-order valence-electron chi connectivity index (χ0n) is 15.6. The molecule has 1 amide bonds. The standard InChI is InChI=1S/C21H21N3O4/c1-27-16(28-2)12-24-20(14-9-6-10-15(25)11-14)17-18(13-7-4-3-5-8-13)22-23-19(17)21(24)26/h3-11,16,20,25H,12H2,1-2H3,(H,22,23). The summed E-state index contributed by atoms with van der Waals surface area (Å²) < 4.78 is 10.6. The Morgan fingerprint density at radius 2 is 1.89 bits per heavy atom. The second-order valence-electron chi connectivity index (χ2n) is 6.58. The molecule has 2 N–H and O–H groups in total. The van der Waals surface area contributed by atoms with Gasteiger partial charge in [-0.15, -0.1) is 0 Å². The number of benzene rings is 2. The molecule has 4 rings (SSSR count). The summed E-state index contributed by atoms with van der Waals surface area (Å²) in [5.74, 6) is -0.0461. The maximum Gasteiger partial charge on any atom is 0.273 e. The van der Waals surface area contributed by atoms with E-state index >= 15 is 0 Å². The van der Waals surface area contributed by atoms with Gasteiger partial charge < -0.3 is 19.5 Å². The fourth-order valence-corrected chi connectivity index (χ4v) is 3.65. The molecular weight excluding hydrogens is 358 g/mol. The number of nitrogens with zero attached hydrogens (tertiary/aromatic N) is 2. The molecule has 28 heavy (non-hydrogen) atoms. The van der Waals surface area contributed by atoms with E-state index in [4.69, 9.17) is 9.47 Å². The van der Waals surface area contributed by atoms with Crippen LogP contribution in [0.15, 0.2) is 54.6 Å². The molecule has 144 valence electrons. The molecule has 1 aliphatic heterocycles. The number of H-pyrrole nitrogens is 1. The van der Waals surface area contributed by atoms with E-state index in [9.17, 15) is 9.90 Å². The fraction of sp³-hybridized carbons (Fsp3) is 0.238. The van der Waals surface area contributed by atoms with Crippen molar-refractivity contribution in [2.75, 3.05) is 20.8 Å². The molecular formula is C21H21N3O4. The minimum Gasteiger partial charge on any atom is -0.508 e. The molecule has 7 heteroatoms. The van der Waals surface area contributed by atoms with Gasteiger partial charge in [0.2, 0.25) is 0 Å². The van der Waals surface area contributed by atoms with Gasteiger partial charge in [0.05, 0.1) is 18.3 Å². The largest absolute Gasteiger partial charge is 0.508 e. The van der Waals surface area contributed by atoms with Crippen molar-refractivity contribution < 1.29 is 19.4 Å². The topological polar surface area (TPSA) is 87.7 Å². The molecule has 0 fully saturated rings. The molecule has 2 aromatic carbocycles. The quantitative estimate of drug-likeness (QED) is 0.643. The highest BCUT2D eigenvalue weighted by Gasteiger charge is 2.43. The highest BCUT2D eigenvalue weighted by molar-refractivity contribution is 6.00. The second-order valence-corrected chi connectivity index (χ2v) is 6.58. The zero-order chi connectivity index (χ0) is 19.7. The lowest BCUT2D eigenvalue weighted by atomic mass is 9.96. The summed E-state index contributed by atoms with van der Waals surface area (Å²) in [6.45, 7) is 0.239. The van der Waals surface area contributed by atoms with Crippen LogP contribution < -0.4 is 0 Å². The van der Waals surface area contributed by atoms with Gasteiger partial charge in [-0.05, 0) is 17.7 Å². The van der Waals surface area contributed by atoms with Gasteiger partial charge >= 0.3 is 0 Å². The van der Waals surface area contributed by atoms with Crippen LogP contribution in [0, 0.1) is 0 Å². The molecule has 0 radical (unpaired) electrons. The first-order chi connectivity index (χ1) is 13.6. The number of aromatic hydroxyl groups is 1. The minimum atomic E-state index is -0.569. The summed E-state index contributed by atoms with van der Waals surface area (Å²) in [6.07, 6.45) is -0.569. The average molecular weight is 379 g/mol. The number of phenolic OH excluding ortho intramolecular Hbond substituents is 1. The van der Waals surface area contributed by atoms with Crippen molar-refractivity contribution in [3.8, 4) is 17.0 Å². The summed E-state index contributed by atoms with van der Waals surface area (Å²) in [6, 6.07) is 16.2. The summed E-state index contributed by atoms with van der Waals surface area (Å²) >= 11 is 0. The summed E-state index contributed by atoms with van der Waals surface area (Å²) in [4.78, 5) is 14.8. The number of amides is 1. The first-order valence-electron chi connectivity index (χ1n) is 8.93. The number of nitrogens with one attached hydrogen (secondary N) is 1. The number of rotatable bonds is 6. The third kappa shape index (κ3) is 3.04. The van der Waals surface area contributed by atoms with Gasteiger partial charge in [-0.25, -0.2) is 0 Å². The van der Waals surface area contributed by atoms with Crippen molar-refractivity contribution in [2.24, 2.45) is 0 Å². The lowest BCUT2D eigenvalue weighted by molar-refractivity contribution is -0.113. The van der Waals surface area contributed by atoms with Crippen molar-refractivity contribution in [3.63, 3.8) is 0 Å². The molecule has 0 spiro atoms. The third-order valence-electron chi connectivity index (χ3n) is 4.97. The van der Waals surface area contributed by atoms with Gasteiger partial charge in [-0.1, -0.05) is 42.5 Å². The van der Waals surface area contributed by atoms with E-state index < -0.39 is 12.3 Å². The van der Waals surface area contributed by atoms with Gasteiger partial charge in [0.15, 0.2) is 6.29 Å². The number of ether oxygens (including phenoxy) is 2. The molecule has 2 heterocycles. The maximum atomic E-state index is 13.2. The molecule has 0 saturated heterocycles. The SMILES string of the molecule is COC(CN1C(=O)c2[nH]nc(-c3ccccc3)c2C1c1cccc(O)c1)OC. The summed E-state index contributed by atoms with van der Waals surface area (Å²) in [7, 11) is 3.07. The Morgan fingerprint density at radius 1 is 1.14 bits per heavy atom. The molecule has 1 atom stereocenters. The smallest absolute Gasteiger partial charge is 0.273 e. The summed E-state index contributed by atoms with van der Waals surface area (Å²) in [5.41, 5.74) is 3.64. The van der Waals surface area contributed by atoms with E-state index in [2.05, 4.69) is 10.2 Å². The van der Waals surface area contributed by atoms with Gasteiger partial charge in [-0.2, -0.15) is 5.10 Å². The number of aromatic nitrogens is 2. The molecule has 1 unspecified atom stereocenters. The van der Waals surface area contributed by atoms with Crippen LogP contribution in [0.5, 0.6) is 5.75 Å². The molecule has 1 aromatic heterocycles. The van der Waals surface area contributed by atoms with E-state index in [1.807, 2.05) is 36.4 Å².